The van der Waals surface area contributed by atoms with Gasteiger partial charge in [-0.1, -0.05) is 18.2 Å². The van der Waals surface area contributed by atoms with Gasteiger partial charge >= 0.3 is 0 Å². The van der Waals surface area contributed by atoms with Crippen LogP contribution in [0.4, 0.5) is 0 Å². The third-order valence-electron chi connectivity index (χ3n) is 4.86. The molecule has 0 radical (unpaired) electrons. The summed E-state index contributed by atoms with van der Waals surface area (Å²) in [4.78, 5) is 28.0. The Morgan fingerprint density at radius 2 is 1.81 bits per heavy atom. The fourth-order valence-corrected chi connectivity index (χ4v) is 4.94. The number of carbonyl (C=O) groups excluding carboxylic acids is 1. The Morgan fingerprint density at radius 1 is 1.07 bits per heavy atom. The molecule has 8 heteroatoms. The molecule has 0 bridgehead atoms. The van der Waals surface area contributed by atoms with E-state index in [0.29, 0.717) is 18.7 Å². The average molecular weight is 385 g/mol. The summed E-state index contributed by atoms with van der Waals surface area (Å²) in [6.07, 6.45) is 4.54. The number of ketones is 1. The van der Waals surface area contributed by atoms with E-state index in [1.54, 1.807) is 6.20 Å². The minimum absolute atomic E-state index is 0.0377. The SMILES string of the molecule is O=C(Cn1cc(S(=O)(=O)N2CCCC2)ccc1=O)c1c[nH]c2ccccc12. The number of aromatic amines is 1. The van der Waals surface area contributed by atoms with Crippen LogP contribution in [0.15, 0.2) is 58.5 Å². The number of para-hydroxylation sites is 1. The highest BCUT2D eigenvalue weighted by atomic mass is 32.2. The Labute approximate surface area is 156 Å². The maximum Gasteiger partial charge on any atom is 0.251 e. The van der Waals surface area contributed by atoms with E-state index in [1.165, 1.54) is 22.6 Å². The summed E-state index contributed by atoms with van der Waals surface area (Å²) in [6.45, 7) is 0.746. The van der Waals surface area contributed by atoms with Gasteiger partial charge in [0.2, 0.25) is 10.0 Å². The molecule has 1 aliphatic heterocycles. The van der Waals surface area contributed by atoms with Crippen molar-refractivity contribution in [1.82, 2.24) is 13.9 Å². The number of carbonyl (C=O) groups is 1. The van der Waals surface area contributed by atoms with Gasteiger partial charge in [0, 0.05) is 48.0 Å². The maximum absolute atomic E-state index is 12.7. The molecule has 1 N–H and O–H groups in total. The molecule has 0 unspecified atom stereocenters. The van der Waals surface area contributed by atoms with Gasteiger partial charge in [-0.15, -0.1) is 0 Å². The van der Waals surface area contributed by atoms with E-state index < -0.39 is 15.6 Å². The zero-order chi connectivity index (χ0) is 19.0. The number of Topliss-reactive ketones (excluding diaryl/α,β-unsaturated/α-hetero) is 1. The number of pyridine rings is 1. The molecular formula is C19H19N3O4S. The zero-order valence-corrected chi connectivity index (χ0v) is 15.4. The Balaban J connectivity index is 1.66. The van der Waals surface area contributed by atoms with Gasteiger partial charge in [-0.3, -0.25) is 9.59 Å². The Bertz CT molecular complexity index is 1170. The van der Waals surface area contributed by atoms with Gasteiger partial charge in [0.15, 0.2) is 5.78 Å². The highest BCUT2D eigenvalue weighted by Crippen LogP contribution is 2.21. The molecule has 7 nitrogen and oxygen atoms in total. The molecule has 1 aliphatic rings. The van der Waals surface area contributed by atoms with Crippen molar-refractivity contribution < 1.29 is 13.2 Å². The molecule has 0 aliphatic carbocycles. The molecular weight excluding hydrogens is 366 g/mol. The van der Waals surface area contributed by atoms with Crippen LogP contribution in [0.1, 0.15) is 23.2 Å². The van der Waals surface area contributed by atoms with Crippen molar-refractivity contribution in [2.45, 2.75) is 24.3 Å². The van der Waals surface area contributed by atoms with E-state index in [4.69, 9.17) is 0 Å². The summed E-state index contributed by atoms with van der Waals surface area (Å²) in [5.74, 6) is -0.259. The van der Waals surface area contributed by atoms with Gasteiger partial charge in [-0.2, -0.15) is 4.31 Å². The number of aromatic nitrogens is 2. The smallest absolute Gasteiger partial charge is 0.251 e. The quantitative estimate of drug-likeness (QED) is 0.680. The van der Waals surface area contributed by atoms with Crippen LogP contribution in [-0.4, -0.2) is 41.1 Å². The molecule has 0 amide bonds. The first kappa shape index (κ1) is 17.7. The lowest BCUT2D eigenvalue weighted by atomic mass is 10.1. The standard InChI is InChI=1S/C19H19N3O4S/c23-18(16-11-20-17-6-2-1-5-15(16)17)13-21-12-14(7-8-19(21)24)27(25,26)22-9-3-4-10-22/h1-2,5-8,11-12,20H,3-4,9-10,13H2. The summed E-state index contributed by atoms with van der Waals surface area (Å²) in [7, 11) is -3.65. The van der Waals surface area contributed by atoms with Crippen LogP contribution in [0.25, 0.3) is 10.9 Å². The second-order valence-electron chi connectivity index (χ2n) is 6.61. The van der Waals surface area contributed by atoms with Crippen LogP contribution in [0.3, 0.4) is 0 Å². The number of fused-ring (bicyclic) bond motifs is 1. The van der Waals surface area contributed by atoms with Crippen LogP contribution in [0.2, 0.25) is 0 Å². The van der Waals surface area contributed by atoms with Gasteiger partial charge in [-0.05, 0) is 25.0 Å². The Morgan fingerprint density at radius 3 is 2.59 bits per heavy atom. The normalized spacial score (nSPS) is 15.4. The van der Waals surface area contributed by atoms with E-state index in [2.05, 4.69) is 4.98 Å². The van der Waals surface area contributed by atoms with Crippen molar-refractivity contribution in [3.05, 3.63) is 64.7 Å². The van der Waals surface area contributed by atoms with Gasteiger partial charge < -0.3 is 9.55 Å². The van der Waals surface area contributed by atoms with E-state index >= 15 is 0 Å². The third kappa shape index (κ3) is 3.22. The molecule has 0 atom stereocenters. The molecule has 1 saturated heterocycles. The molecule has 3 heterocycles. The molecule has 3 aromatic rings. The van der Waals surface area contributed by atoms with Crippen LogP contribution < -0.4 is 5.56 Å². The van der Waals surface area contributed by atoms with E-state index in [-0.39, 0.29) is 17.2 Å². The minimum atomic E-state index is -3.65. The first-order chi connectivity index (χ1) is 13.0. The second kappa shape index (κ2) is 6.79. The highest BCUT2D eigenvalue weighted by Gasteiger charge is 2.27. The third-order valence-corrected chi connectivity index (χ3v) is 6.74. The van der Waals surface area contributed by atoms with Gasteiger partial charge in [-0.25, -0.2) is 8.42 Å². The van der Waals surface area contributed by atoms with E-state index in [1.807, 2.05) is 24.3 Å². The maximum atomic E-state index is 12.7. The topological polar surface area (TPSA) is 92.2 Å². The average Bonchev–Trinajstić information content (AvgIpc) is 3.33. The zero-order valence-electron chi connectivity index (χ0n) is 14.6. The summed E-state index contributed by atoms with van der Waals surface area (Å²) in [6, 6.07) is 9.90. The predicted octanol–water partition coefficient (Wildman–Crippen LogP) is 2.00. The highest BCUT2D eigenvalue weighted by molar-refractivity contribution is 7.89. The Kier molecular flexibility index (Phi) is 4.45. The van der Waals surface area contributed by atoms with Crippen molar-refractivity contribution >= 4 is 26.7 Å². The molecule has 140 valence electrons. The molecule has 1 aromatic carbocycles. The molecule has 0 spiro atoms. The van der Waals surface area contributed by atoms with Gasteiger partial charge in [0.1, 0.15) is 0 Å². The number of rotatable bonds is 5. The first-order valence-electron chi connectivity index (χ1n) is 8.77. The van der Waals surface area contributed by atoms with Crippen LogP contribution in [0.5, 0.6) is 0 Å². The molecule has 4 rings (SSSR count). The summed E-state index contributed by atoms with van der Waals surface area (Å²) >= 11 is 0. The lowest BCUT2D eigenvalue weighted by molar-refractivity contribution is 0.0972. The fourth-order valence-electron chi connectivity index (χ4n) is 3.41. The number of hydrogen-bond acceptors (Lipinski definition) is 4. The lowest BCUT2D eigenvalue weighted by Gasteiger charge is -2.16. The summed E-state index contributed by atoms with van der Waals surface area (Å²) in [5.41, 5.74) is 0.896. The molecule has 1 fully saturated rings. The van der Waals surface area contributed by atoms with Crippen molar-refractivity contribution in [3.63, 3.8) is 0 Å². The monoisotopic (exact) mass is 385 g/mol. The van der Waals surface area contributed by atoms with Crippen molar-refractivity contribution in [2.24, 2.45) is 0 Å². The summed E-state index contributed by atoms with van der Waals surface area (Å²) in [5, 5.41) is 0.774. The van der Waals surface area contributed by atoms with Crippen molar-refractivity contribution in [3.8, 4) is 0 Å². The predicted molar refractivity (Wildman–Crippen MR) is 101 cm³/mol. The van der Waals surface area contributed by atoms with Gasteiger partial charge in [0.25, 0.3) is 5.56 Å². The largest absolute Gasteiger partial charge is 0.360 e. The minimum Gasteiger partial charge on any atom is -0.360 e. The lowest BCUT2D eigenvalue weighted by Crippen LogP contribution is -2.30. The molecule has 27 heavy (non-hydrogen) atoms. The van der Waals surface area contributed by atoms with E-state index in [0.717, 1.165) is 28.3 Å². The number of H-pyrrole nitrogens is 1. The molecule has 0 saturated carbocycles. The number of hydrogen-bond donors (Lipinski definition) is 1. The van der Waals surface area contributed by atoms with Crippen molar-refractivity contribution in [1.29, 1.82) is 0 Å². The number of benzene rings is 1. The molecule has 2 aromatic heterocycles. The van der Waals surface area contributed by atoms with Crippen LogP contribution in [0, 0.1) is 0 Å². The van der Waals surface area contributed by atoms with Crippen LogP contribution in [-0.2, 0) is 16.6 Å². The Hall–Kier alpha value is -2.71. The second-order valence-corrected chi connectivity index (χ2v) is 8.55. The van der Waals surface area contributed by atoms with E-state index in [9.17, 15) is 18.0 Å². The fraction of sp³-hybridized carbons (Fsp3) is 0.263. The van der Waals surface area contributed by atoms with Crippen LogP contribution >= 0.6 is 0 Å². The number of sulfonamides is 1. The number of nitrogens with zero attached hydrogens (tertiary/aromatic N) is 2. The summed E-state index contributed by atoms with van der Waals surface area (Å²) < 4.78 is 28.0. The number of nitrogens with one attached hydrogen (secondary N) is 1. The van der Waals surface area contributed by atoms with Crippen molar-refractivity contribution in [2.75, 3.05) is 13.1 Å². The van der Waals surface area contributed by atoms with Gasteiger partial charge in [0.05, 0.1) is 11.4 Å². The first-order valence-corrected chi connectivity index (χ1v) is 10.2.